The summed E-state index contributed by atoms with van der Waals surface area (Å²) in [5.74, 6) is -1.59. The van der Waals surface area contributed by atoms with Crippen molar-refractivity contribution < 1.29 is 18.8 Å². The van der Waals surface area contributed by atoms with Gasteiger partial charge in [0, 0.05) is 5.69 Å². The van der Waals surface area contributed by atoms with Gasteiger partial charge in [-0.2, -0.15) is 0 Å². The molecule has 0 spiro atoms. The van der Waals surface area contributed by atoms with Crippen molar-refractivity contribution in [3.63, 3.8) is 0 Å². The zero-order valence-corrected chi connectivity index (χ0v) is 17.3. The van der Waals surface area contributed by atoms with Gasteiger partial charge in [-0.05, 0) is 63.5 Å². The lowest BCUT2D eigenvalue weighted by Gasteiger charge is -2.12. The molecule has 4 aromatic carbocycles. The molecule has 4 amide bonds. The van der Waals surface area contributed by atoms with E-state index in [9.17, 15) is 18.8 Å². The molecule has 0 unspecified atom stereocenters. The Balaban J connectivity index is 1.45. The van der Waals surface area contributed by atoms with Crippen LogP contribution in [0.25, 0.3) is 27.6 Å². The van der Waals surface area contributed by atoms with Gasteiger partial charge < -0.3 is 10.6 Å². The van der Waals surface area contributed by atoms with E-state index in [1.807, 2.05) is 48.5 Å². The second-order valence-electron chi connectivity index (χ2n) is 7.67. The van der Waals surface area contributed by atoms with Crippen molar-refractivity contribution in [2.45, 2.75) is 0 Å². The number of benzene rings is 4. The molecule has 7 heteroatoms. The van der Waals surface area contributed by atoms with Crippen LogP contribution in [0.2, 0.25) is 0 Å². The second kappa shape index (κ2) is 8.20. The molecule has 0 bridgehead atoms. The van der Waals surface area contributed by atoms with Crippen LogP contribution in [0.1, 0.15) is 5.56 Å². The number of halogens is 1. The van der Waals surface area contributed by atoms with Crippen LogP contribution in [-0.4, -0.2) is 29.3 Å². The van der Waals surface area contributed by atoms with Crippen LogP contribution >= 0.6 is 0 Å². The van der Waals surface area contributed by atoms with E-state index in [4.69, 9.17) is 0 Å². The fraction of sp³-hybridized carbons (Fsp3) is 0.0385. The van der Waals surface area contributed by atoms with E-state index >= 15 is 0 Å². The second-order valence-corrected chi connectivity index (χ2v) is 7.67. The minimum Gasteiger partial charge on any atom is -0.325 e. The minimum absolute atomic E-state index is 0.0936. The normalized spacial score (nSPS) is 14.8. The lowest BCUT2D eigenvalue weighted by molar-refractivity contribution is -0.127. The summed E-state index contributed by atoms with van der Waals surface area (Å²) in [4.78, 5) is 38.6. The Bertz CT molecular complexity index is 1410. The van der Waals surface area contributed by atoms with Gasteiger partial charge in [-0.3, -0.25) is 9.59 Å². The largest absolute Gasteiger partial charge is 0.329 e. The zero-order chi connectivity index (χ0) is 22.9. The molecule has 0 radical (unpaired) electrons. The molecule has 1 aliphatic heterocycles. The van der Waals surface area contributed by atoms with E-state index < -0.39 is 30.2 Å². The summed E-state index contributed by atoms with van der Waals surface area (Å²) in [5.41, 5.74) is 1.27. The third-order valence-corrected chi connectivity index (χ3v) is 5.49. The summed E-state index contributed by atoms with van der Waals surface area (Å²) < 4.78 is 13.0. The standard InChI is InChI=1S/C26H18FN3O3/c27-18-9-11-19(12-10-18)28-24(31)15-30-25(32)23(29-26(30)33)14-22-20-7-3-1-5-16(20)13-17-6-2-4-8-21(17)22/h1-14H,15H2,(H,28,31)(H,29,33)/b23-14-. The molecule has 1 saturated heterocycles. The van der Waals surface area contributed by atoms with E-state index in [1.165, 1.54) is 24.3 Å². The molecule has 162 valence electrons. The number of urea groups is 1. The Labute approximate surface area is 188 Å². The summed E-state index contributed by atoms with van der Waals surface area (Å²) in [7, 11) is 0. The zero-order valence-electron chi connectivity index (χ0n) is 17.3. The van der Waals surface area contributed by atoms with Crippen LogP contribution < -0.4 is 10.6 Å². The van der Waals surface area contributed by atoms with Gasteiger partial charge >= 0.3 is 6.03 Å². The van der Waals surface area contributed by atoms with Gasteiger partial charge in [-0.25, -0.2) is 14.1 Å². The molecule has 1 aliphatic rings. The van der Waals surface area contributed by atoms with E-state index in [2.05, 4.69) is 16.7 Å². The van der Waals surface area contributed by atoms with Gasteiger partial charge in [0.2, 0.25) is 5.91 Å². The maximum Gasteiger partial charge on any atom is 0.329 e. The molecule has 2 N–H and O–H groups in total. The highest BCUT2D eigenvalue weighted by molar-refractivity contribution is 6.18. The molecule has 0 atom stereocenters. The van der Waals surface area contributed by atoms with Crippen LogP contribution in [0.4, 0.5) is 14.9 Å². The molecule has 1 heterocycles. The monoisotopic (exact) mass is 439 g/mol. The summed E-state index contributed by atoms with van der Waals surface area (Å²) in [6.45, 7) is -0.463. The van der Waals surface area contributed by atoms with Gasteiger partial charge in [0.05, 0.1) is 0 Å². The minimum atomic E-state index is -0.676. The number of anilines is 1. The fourth-order valence-electron chi connectivity index (χ4n) is 3.94. The van der Waals surface area contributed by atoms with Gasteiger partial charge in [0.15, 0.2) is 0 Å². The third kappa shape index (κ3) is 3.92. The molecular weight excluding hydrogens is 421 g/mol. The first-order valence-corrected chi connectivity index (χ1v) is 10.3. The third-order valence-electron chi connectivity index (χ3n) is 5.49. The van der Waals surface area contributed by atoms with Gasteiger partial charge in [-0.1, -0.05) is 48.5 Å². The first kappa shape index (κ1) is 20.4. The topological polar surface area (TPSA) is 78.5 Å². The summed E-state index contributed by atoms with van der Waals surface area (Å²) in [6, 6.07) is 22.2. The average Bonchev–Trinajstić information content (AvgIpc) is 3.07. The SMILES string of the molecule is O=C(CN1C(=O)N/C(=C\c2c3ccccc3cc3ccccc23)C1=O)Nc1ccc(F)cc1. The van der Waals surface area contributed by atoms with E-state index in [0.29, 0.717) is 5.69 Å². The quantitative estimate of drug-likeness (QED) is 0.276. The molecule has 0 saturated carbocycles. The molecule has 5 rings (SSSR count). The highest BCUT2D eigenvalue weighted by Gasteiger charge is 2.35. The summed E-state index contributed by atoms with van der Waals surface area (Å²) >= 11 is 0. The number of nitrogens with zero attached hydrogens (tertiary/aromatic N) is 1. The lowest BCUT2D eigenvalue weighted by atomic mass is 9.96. The molecule has 1 fully saturated rings. The first-order valence-electron chi connectivity index (χ1n) is 10.3. The van der Waals surface area contributed by atoms with Crippen molar-refractivity contribution in [2.24, 2.45) is 0 Å². The number of amides is 4. The fourth-order valence-corrected chi connectivity index (χ4v) is 3.94. The number of carbonyl (C=O) groups is 3. The van der Waals surface area contributed by atoms with Crippen LogP contribution in [0.15, 0.2) is 84.6 Å². The first-order chi connectivity index (χ1) is 16.0. The van der Waals surface area contributed by atoms with Crippen molar-refractivity contribution in [3.05, 3.63) is 95.9 Å². The molecule has 6 nitrogen and oxygen atoms in total. The Morgan fingerprint density at radius 3 is 2.15 bits per heavy atom. The number of carbonyl (C=O) groups excluding carboxylic acids is 3. The van der Waals surface area contributed by atoms with E-state index in [-0.39, 0.29) is 5.70 Å². The van der Waals surface area contributed by atoms with Gasteiger partial charge in [0.1, 0.15) is 18.1 Å². The van der Waals surface area contributed by atoms with Crippen LogP contribution in [0.5, 0.6) is 0 Å². The average molecular weight is 439 g/mol. The van der Waals surface area contributed by atoms with Crippen molar-refractivity contribution >= 4 is 51.2 Å². The van der Waals surface area contributed by atoms with E-state index in [0.717, 1.165) is 32.0 Å². The maximum atomic E-state index is 13.0. The van der Waals surface area contributed by atoms with Crippen molar-refractivity contribution in [1.29, 1.82) is 0 Å². The number of hydrogen-bond acceptors (Lipinski definition) is 3. The molecule has 0 aromatic heterocycles. The number of imide groups is 1. The number of nitrogens with one attached hydrogen (secondary N) is 2. The Hall–Kier alpha value is -4.52. The lowest BCUT2D eigenvalue weighted by Crippen LogP contribution is -2.38. The molecule has 0 aliphatic carbocycles. The summed E-state index contributed by atoms with van der Waals surface area (Å²) in [5, 5.41) is 9.03. The predicted octanol–water partition coefficient (Wildman–Crippen LogP) is 4.66. The number of fused-ring (bicyclic) bond motifs is 2. The molecule has 33 heavy (non-hydrogen) atoms. The van der Waals surface area contributed by atoms with Gasteiger partial charge in [-0.15, -0.1) is 0 Å². The highest BCUT2D eigenvalue weighted by Crippen LogP contribution is 2.30. The number of rotatable bonds is 4. The van der Waals surface area contributed by atoms with E-state index in [1.54, 1.807) is 6.08 Å². The van der Waals surface area contributed by atoms with Gasteiger partial charge in [0.25, 0.3) is 5.91 Å². The highest BCUT2D eigenvalue weighted by atomic mass is 19.1. The Kier molecular flexibility index (Phi) is 5.06. The van der Waals surface area contributed by atoms with Crippen LogP contribution in [-0.2, 0) is 9.59 Å². The molecule has 4 aromatic rings. The van der Waals surface area contributed by atoms with Crippen LogP contribution in [0, 0.1) is 5.82 Å². The van der Waals surface area contributed by atoms with Crippen molar-refractivity contribution in [3.8, 4) is 0 Å². The van der Waals surface area contributed by atoms with Crippen molar-refractivity contribution in [1.82, 2.24) is 10.2 Å². The number of hydrogen-bond donors (Lipinski definition) is 2. The smallest absolute Gasteiger partial charge is 0.325 e. The maximum absolute atomic E-state index is 13.0. The Morgan fingerprint density at radius 1 is 0.909 bits per heavy atom. The Morgan fingerprint density at radius 2 is 1.52 bits per heavy atom. The molecular formula is C26H18FN3O3. The van der Waals surface area contributed by atoms with Crippen molar-refractivity contribution in [2.75, 3.05) is 11.9 Å². The predicted molar refractivity (Wildman–Crippen MR) is 125 cm³/mol. The van der Waals surface area contributed by atoms with Crippen LogP contribution in [0.3, 0.4) is 0 Å². The summed E-state index contributed by atoms with van der Waals surface area (Å²) in [6.07, 6.45) is 1.66.